The quantitative estimate of drug-likeness (QED) is 0.719. The van der Waals surface area contributed by atoms with Crippen LogP contribution in [0.1, 0.15) is 31.2 Å². The molecular formula is C24H27FN2O5S. The molecule has 4 rings (SSSR count). The molecule has 2 aliphatic rings. The molecule has 9 heteroatoms. The lowest BCUT2D eigenvalue weighted by molar-refractivity contribution is -0.149. The van der Waals surface area contributed by atoms with E-state index < -0.39 is 27.2 Å². The van der Waals surface area contributed by atoms with Gasteiger partial charge in [-0.05, 0) is 43.4 Å². The Morgan fingerprint density at radius 2 is 1.48 bits per heavy atom. The number of benzene rings is 2. The molecule has 2 aliphatic heterocycles. The number of carboxylic acid groups (broad SMARTS) is 1. The molecule has 0 unspecified atom stereocenters. The molecule has 2 heterocycles. The van der Waals surface area contributed by atoms with Crippen molar-refractivity contribution in [3.8, 4) is 0 Å². The smallest absolute Gasteiger partial charge is 0.314 e. The Labute approximate surface area is 192 Å². The van der Waals surface area contributed by atoms with Crippen molar-refractivity contribution < 1.29 is 27.5 Å². The number of halogens is 1. The third-order valence-electron chi connectivity index (χ3n) is 6.92. The van der Waals surface area contributed by atoms with Crippen LogP contribution in [-0.4, -0.2) is 60.8 Å². The van der Waals surface area contributed by atoms with E-state index in [2.05, 4.69) is 0 Å². The molecule has 0 atom stereocenters. The minimum Gasteiger partial charge on any atom is -0.481 e. The van der Waals surface area contributed by atoms with Gasteiger partial charge in [0.2, 0.25) is 15.9 Å². The van der Waals surface area contributed by atoms with Crippen molar-refractivity contribution in [3.63, 3.8) is 0 Å². The zero-order chi connectivity index (χ0) is 23.6. The van der Waals surface area contributed by atoms with Crippen molar-refractivity contribution in [3.05, 3.63) is 66.0 Å². The van der Waals surface area contributed by atoms with Crippen LogP contribution in [-0.2, 0) is 25.0 Å². The SMILES string of the molecule is O=C(C1CCN(S(=O)(=O)c2ccccc2F)CC1)N1CCC(C(=O)O)(c2ccccc2)CC1. The fourth-order valence-electron chi connectivity index (χ4n) is 4.89. The number of carbonyl (C=O) groups is 2. The van der Waals surface area contributed by atoms with Gasteiger partial charge in [-0.2, -0.15) is 4.31 Å². The molecule has 0 radical (unpaired) electrons. The molecule has 7 nitrogen and oxygen atoms in total. The summed E-state index contributed by atoms with van der Waals surface area (Å²) < 4.78 is 40.8. The fourth-order valence-corrected chi connectivity index (χ4v) is 6.42. The van der Waals surface area contributed by atoms with Crippen LogP contribution in [0.4, 0.5) is 4.39 Å². The summed E-state index contributed by atoms with van der Waals surface area (Å²) in [7, 11) is -3.95. The first-order valence-corrected chi connectivity index (χ1v) is 12.5. The van der Waals surface area contributed by atoms with Crippen molar-refractivity contribution >= 4 is 21.9 Å². The van der Waals surface area contributed by atoms with Crippen molar-refractivity contribution in [2.24, 2.45) is 5.92 Å². The maximum absolute atomic E-state index is 14.0. The van der Waals surface area contributed by atoms with Gasteiger partial charge in [-0.15, -0.1) is 0 Å². The molecule has 2 aromatic rings. The molecule has 0 spiro atoms. The number of nitrogens with zero attached hydrogens (tertiary/aromatic N) is 2. The number of rotatable bonds is 5. The largest absolute Gasteiger partial charge is 0.481 e. The van der Waals surface area contributed by atoms with Gasteiger partial charge in [-0.3, -0.25) is 9.59 Å². The van der Waals surface area contributed by atoms with E-state index in [1.807, 2.05) is 30.3 Å². The summed E-state index contributed by atoms with van der Waals surface area (Å²) in [5, 5.41) is 9.94. The summed E-state index contributed by atoms with van der Waals surface area (Å²) in [6.07, 6.45) is 1.37. The van der Waals surface area contributed by atoms with E-state index in [0.29, 0.717) is 38.8 Å². The van der Waals surface area contributed by atoms with E-state index in [4.69, 9.17) is 0 Å². The second kappa shape index (κ2) is 9.23. The van der Waals surface area contributed by atoms with Gasteiger partial charge in [0, 0.05) is 32.1 Å². The highest BCUT2D eigenvalue weighted by molar-refractivity contribution is 7.89. The van der Waals surface area contributed by atoms with Gasteiger partial charge in [-0.1, -0.05) is 42.5 Å². The standard InChI is InChI=1S/C24H27FN2O5S/c25-20-8-4-5-9-21(20)33(31,32)27-14-10-18(11-15-27)22(28)26-16-12-24(13-17-26,23(29)30)19-6-2-1-3-7-19/h1-9,18H,10-17H2,(H,29,30). The highest BCUT2D eigenvalue weighted by Gasteiger charge is 2.45. The highest BCUT2D eigenvalue weighted by atomic mass is 32.2. The lowest BCUT2D eigenvalue weighted by Gasteiger charge is -2.41. The van der Waals surface area contributed by atoms with Crippen LogP contribution in [0.5, 0.6) is 0 Å². The van der Waals surface area contributed by atoms with Gasteiger partial charge in [-0.25, -0.2) is 12.8 Å². The average molecular weight is 475 g/mol. The van der Waals surface area contributed by atoms with Crippen LogP contribution in [0.15, 0.2) is 59.5 Å². The maximum atomic E-state index is 14.0. The number of likely N-dealkylation sites (tertiary alicyclic amines) is 1. The Bertz CT molecular complexity index is 1120. The second-order valence-electron chi connectivity index (χ2n) is 8.69. The van der Waals surface area contributed by atoms with Crippen LogP contribution < -0.4 is 0 Å². The molecule has 0 bridgehead atoms. The van der Waals surface area contributed by atoms with Crippen LogP contribution in [0.2, 0.25) is 0 Å². The molecule has 33 heavy (non-hydrogen) atoms. The molecule has 2 fully saturated rings. The number of hydrogen-bond acceptors (Lipinski definition) is 4. The van der Waals surface area contributed by atoms with Crippen LogP contribution in [0, 0.1) is 11.7 Å². The number of hydrogen-bond donors (Lipinski definition) is 1. The molecule has 1 amide bonds. The van der Waals surface area contributed by atoms with Crippen molar-refractivity contribution in [2.45, 2.75) is 36.0 Å². The normalized spacial score (nSPS) is 19.8. The first kappa shape index (κ1) is 23.4. The Hall–Kier alpha value is -2.78. The van der Waals surface area contributed by atoms with E-state index >= 15 is 0 Å². The predicted molar refractivity (Wildman–Crippen MR) is 119 cm³/mol. The van der Waals surface area contributed by atoms with Crippen LogP contribution in [0.25, 0.3) is 0 Å². The summed E-state index contributed by atoms with van der Waals surface area (Å²) in [4.78, 5) is 26.6. The maximum Gasteiger partial charge on any atom is 0.314 e. The average Bonchev–Trinajstić information content (AvgIpc) is 2.84. The van der Waals surface area contributed by atoms with Gasteiger partial charge in [0.15, 0.2) is 0 Å². The third-order valence-corrected chi connectivity index (χ3v) is 8.85. The number of carbonyl (C=O) groups excluding carboxylic acids is 1. The Kier molecular flexibility index (Phi) is 6.54. The molecule has 0 aromatic heterocycles. The minimum absolute atomic E-state index is 0.0648. The van der Waals surface area contributed by atoms with E-state index in [0.717, 1.165) is 11.6 Å². The van der Waals surface area contributed by atoms with Crippen LogP contribution >= 0.6 is 0 Å². The number of carboxylic acids is 1. The summed E-state index contributed by atoms with van der Waals surface area (Å²) in [5.74, 6) is -2.06. The second-order valence-corrected chi connectivity index (χ2v) is 10.6. The van der Waals surface area contributed by atoms with E-state index in [9.17, 15) is 27.5 Å². The van der Waals surface area contributed by atoms with Crippen molar-refractivity contribution in [1.29, 1.82) is 0 Å². The number of aliphatic carboxylic acids is 1. The number of amides is 1. The summed E-state index contributed by atoms with van der Waals surface area (Å²) in [5.41, 5.74) is -0.258. The molecule has 0 saturated carbocycles. The molecule has 2 aromatic carbocycles. The van der Waals surface area contributed by atoms with Gasteiger partial charge < -0.3 is 10.0 Å². The summed E-state index contributed by atoms with van der Waals surface area (Å²) >= 11 is 0. The summed E-state index contributed by atoms with van der Waals surface area (Å²) in [6.45, 7) is 0.968. The van der Waals surface area contributed by atoms with Gasteiger partial charge in [0.25, 0.3) is 0 Å². The number of piperidine rings is 2. The molecular weight excluding hydrogens is 447 g/mol. The van der Waals surface area contributed by atoms with E-state index in [-0.39, 0.29) is 29.8 Å². The predicted octanol–water partition coefficient (Wildman–Crippen LogP) is 2.87. The zero-order valence-corrected chi connectivity index (χ0v) is 19.0. The lowest BCUT2D eigenvalue weighted by atomic mass is 9.72. The third kappa shape index (κ3) is 4.39. The van der Waals surface area contributed by atoms with E-state index in [1.165, 1.54) is 22.5 Å². The first-order chi connectivity index (χ1) is 15.8. The van der Waals surface area contributed by atoms with Crippen LogP contribution in [0.3, 0.4) is 0 Å². The highest BCUT2D eigenvalue weighted by Crippen LogP contribution is 2.37. The Morgan fingerprint density at radius 3 is 2.06 bits per heavy atom. The molecule has 1 N–H and O–H groups in total. The first-order valence-electron chi connectivity index (χ1n) is 11.1. The van der Waals surface area contributed by atoms with Gasteiger partial charge in [0.1, 0.15) is 10.7 Å². The topological polar surface area (TPSA) is 95.0 Å². The zero-order valence-electron chi connectivity index (χ0n) is 18.2. The van der Waals surface area contributed by atoms with Crippen molar-refractivity contribution in [2.75, 3.05) is 26.2 Å². The Morgan fingerprint density at radius 1 is 0.909 bits per heavy atom. The monoisotopic (exact) mass is 474 g/mol. The molecule has 0 aliphatic carbocycles. The molecule has 2 saturated heterocycles. The summed E-state index contributed by atoms with van der Waals surface area (Å²) in [6, 6.07) is 14.4. The lowest BCUT2D eigenvalue weighted by Crippen LogP contribution is -2.51. The Balaban J connectivity index is 1.38. The number of sulfonamides is 1. The minimum atomic E-state index is -3.95. The van der Waals surface area contributed by atoms with Gasteiger partial charge in [0.05, 0.1) is 5.41 Å². The van der Waals surface area contributed by atoms with Gasteiger partial charge >= 0.3 is 5.97 Å². The van der Waals surface area contributed by atoms with Crippen molar-refractivity contribution in [1.82, 2.24) is 9.21 Å². The van der Waals surface area contributed by atoms with E-state index in [1.54, 1.807) is 4.90 Å². The fraction of sp³-hybridized carbons (Fsp3) is 0.417. The molecule has 176 valence electrons.